The number of aryl methyl sites for hydroxylation is 2. The van der Waals surface area contributed by atoms with Crippen molar-refractivity contribution in [3.8, 4) is 0 Å². The summed E-state index contributed by atoms with van der Waals surface area (Å²) in [5.41, 5.74) is 3.70. The number of carbonyl (C=O) groups is 1. The standard InChI is InChI=1S/C14H21NO2/c1-4-15(10-6-9-13(16)17)14-11(2)7-5-8-12(14)3/h5,7-8H,4,6,9-10H2,1-3H3,(H,16,17)/p-1. The molecular formula is C14H20NO2-. The van der Waals surface area contributed by atoms with Crippen LogP contribution in [0.2, 0.25) is 0 Å². The molecule has 0 radical (unpaired) electrons. The first-order valence-corrected chi connectivity index (χ1v) is 6.07. The highest BCUT2D eigenvalue weighted by atomic mass is 16.4. The van der Waals surface area contributed by atoms with Gasteiger partial charge < -0.3 is 14.8 Å². The fourth-order valence-corrected chi connectivity index (χ4v) is 2.15. The SMILES string of the molecule is CCN(CCCC(=O)[O-])c1c(C)cccc1C. The lowest BCUT2D eigenvalue weighted by Gasteiger charge is -2.27. The molecule has 0 saturated carbocycles. The van der Waals surface area contributed by atoms with Crippen LogP contribution in [0.1, 0.15) is 30.9 Å². The van der Waals surface area contributed by atoms with Crippen LogP contribution in [0.4, 0.5) is 5.69 Å². The summed E-state index contributed by atoms with van der Waals surface area (Å²) in [6.07, 6.45) is 0.755. The van der Waals surface area contributed by atoms with Crippen molar-refractivity contribution in [2.24, 2.45) is 0 Å². The molecule has 0 aliphatic heterocycles. The van der Waals surface area contributed by atoms with Crippen molar-refractivity contribution in [3.63, 3.8) is 0 Å². The van der Waals surface area contributed by atoms with Crippen LogP contribution in [-0.2, 0) is 4.79 Å². The van der Waals surface area contributed by atoms with Crippen LogP contribution in [-0.4, -0.2) is 19.1 Å². The molecule has 0 N–H and O–H groups in total. The summed E-state index contributed by atoms with van der Waals surface area (Å²) >= 11 is 0. The molecule has 0 saturated heterocycles. The minimum atomic E-state index is -0.970. The Kier molecular flexibility index (Phi) is 5.01. The van der Waals surface area contributed by atoms with Gasteiger partial charge in [-0.15, -0.1) is 0 Å². The van der Waals surface area contributed by atoms with Crippen LogP contribution in [0.5, 0.6) is 0 Å². The molecule has 0 amide bonds. The minimum Gasteiger partial charge on any atom is -0.550 e. The van der Waals surface area contributed by atoms with Crippen LogP contribution < -0.4 is 10.0 Å². The number of benzene rings is 1. The van der Waals surface area contributed by atoms with E-state index >= 15 is 0 Å². The monoisotopic (exact) mass is 234 g/mol. The number of para-hydroxylation sites is 1. The van der Waals surface area contributed by atoms with Gasteiger partial charge in [0.25, 0.3) is 0 Å². The van der Waals surface area contributed by atoms with Gasteiger partial charge in [0.15, 0.2) is 0 Å². The molecule has 0 unspecified atom stereocenters. The molecule has 94 valence electrons. The second-order valence-corrected chi connectivity index (χ2v) is 4.30. The van der Waals surface area contributed by atoms with Gasteiger partial charge in [-0.25, -0.2) is 0 Å². The van der Waals surface area contributed by atoms with Crippen molar-refractivity contribution in [2.45, 2.75) is 33.6 Å². The van der Waals surface area contributed by atoms with Crippen molar-refractivity contribution >= 4 is 11.7 Å². The minimum absolute atomic E-state index is 0.126. The number of carboxylic acids is 1. The maximum Gasteiger partial charge on any atom is 0.0425 e. The van der Waals surface area contributed by atoms with Gasteiger partial charge >= 0.3 is 0 Å². The summed E-state index contributed by atoms with van der Waals surface area (Å²) < 4.78 is 0. The second kappa shape index (κ2) is 6.28. The maximum absolute atomic E-state index is 10.4. The number of anilines is 1. The van der Waals surface area contributed by atoms with Gasteiger partial charge in [-0.2, -0.15) is 0 Å². The van der Waals surface area contributed by atoms with Crippen LogP contribution >= 0.6 is 0 Å². The first-order valence-electron chi connectivity index (χ1n) is 6.07. The van der Waals surface area contributed by atoms with Gasteiger partial charge in [-0.05, 0) is 44.7 Å². The van der Waals surface area contributed by atoms with Gasteiger partial charge in [0, 0.05) is 24.7 Å². The van der Waals surface area contributed by atoms with Crippen molar-refractivity contribution in [1.29, 1.82) is 0 Å². The molecule has 0 aliphatic carbocycles. The number of carbonyl (C=O) groups excluding carboxylic acids is 1. The van der Waals surface area contributed by atoms with E-state index in [0.29, 0.717) is 6.42 Å². The van der Waals surface area contributed by atoms with E-state index in [4.69, 9.17) is 0 Å². The van der Waals surface area contributed by atoms with E-state index in [1.165, 1.54) is 16.8 Å². The zero-order valence-corrected chi connectivity index (χ0v) is 10.8. The van der Waals surface area contributed by atoms with Gasteiger partial charge in [-0.3, -0.25) is 0 Å². The highest BCUT2D eigenvalue weighted by Crippen LogP contribution is 2.24. The average molecular weight is 234 g/mol. The molecule has 0 aromatic heterocycles. The highest BCUT2D eigenvalue weighted by Gasteiger charge is 2.09. The fraction of sp³-hybridized carbons (Fsp3) is 0.500. The Morgan fingerprint density at radius 2 is 1.88 bits per heavy atom. The molecule has 0 bridgehead atoms. The molecule has 3 nitrogen and oxygen atoms in total. The fourth-order valence-electron chi connectivity index (χ4n) is 2.15. The van der Waals surface area contributed by atoms with Crippen molar-refractivity contribution in [3.05, 3.63) is 29.3 Å². The lowest BCUT2D eigenvalue weighted by Crippen LogP contribution is -2.28. The Morgan fingerprint density at radius 3 is 2.35 bits per heavy atom. The Labute approximate surface area is 103 Å². The van der Waals surface area contributed by atoms with Gasteiger partial charge in [0.2, 0.25) is 0 Å². The van der Waals surface area contributed by atoms with E-state index in [1.807, 2.05) is 6.07 Å². The Hall–Kier alpha value is -1.51. The van der Waals surface area contributed by atoms with Gasteiger partial charge in [0.05, 0.1) is 0 Å². The smallest absolute Gasteiger partial charge is 0.0425 e. The van der Waals surface area contributed by atoms with Crippen LogP contribution in [0, 0.1) is 13.8 Å². The van der Waals surface area contributed by atoms with E-state index < -0.39 is 5.97 Å². The summed E-state index contributed by atoms with van der Waals surface area (Å²) in [7, 11) is 0. The highest BCUT2D eigenvalue weighted by molar-refractivity contribution is 5.64. The van der Waals surface area contributed by atoms with E-state index in [1.54, 1.807) is 0 Å². The third-order valence-corrected chi connectivity index (χ3v) is 2.95. The summed E-state index contributed by atoms with van der Waals surface area (Å²) in [5.74, 6) is -0.970. The third-order valence-electron chi connectivity index (χ3n) is 2.95. The van der Waals surface area contributed by atoms with Crippen molar-refractivity contribution in [1.82, 2.24) is 0 Å². The molecule has 1 aromatic carbocycles. The van der Waals surface area contributed by atoms with E-state index in [2.05, 4.69) is 37.8 Å². The van der Waals surface area contributed by atoms with Gasteiger partial charge in [-0.1, -0.05) is 18.2 Å². The molecule has 0 fully saturated rings. The van der Waals surface area contributed by atoms with E-state index in [9.17, 15) is 9.90 Å². The molecule has 17 heavy (non-hydrogen) atoms. The lowest BCUT2D eigenvalue weighted by molar-refractivity contribution is -0.305. The predicted molar refractivity (Wildman–Crippen MR) is 68.0 cm³/mol. The normalized spacial score (nSPS) is 10.3. The molecule has 0 spiro atoms. The van der Waals surface area contributed by atoms with Crippen LogP contribution in [0.15, 0.2) is 18.2 Å². The number of aliphatic carboxylic acids is 1. The quantitative estimate of drug-likeness (QED) is 0.752. The third kappa shape index (κ3) is 3.77. The Bertz CT molecular complexity index is 368. The number of nitrogens with zero attached hydrogens (tertiary/aromatic N) is 1. The van der Waals surface area contributed by atoms with E-state index in [-0.39, 0.29) is 6.42 Å². The molecule has 0 heterocycles. The average Bonchev–Trinajstić information content (AvgIpc) is 2.26. The number of hydrogen-bond acceptors (Lipinski definition) is 3. The second-order valence-electron chi connectivity index (χ2n) is 4.30. The summed E-state index contributed by atoms with van der Waals surface area (Å²) in [5, 5.41) is 10.4. The number of carboxylic acid groups (broad SMARTS) is 1. The Balaban J connectivity index is 2.76. The summed E-state index contributed by atoms with van der Waals surface area (Å²) in [4.78, 5) is 12.6. The maximum atomic E-state index is 10.4. The first kappa shape index (κ1) is 13.6. The molecule has 1 aromatic rings. The summed E-state index contributed by atoms with van der Waals surface area (Å²) in [6, 6.07) is 6.22. The number of rotatable bonds is 6. The molecular weight excluding hydrogens is 214 g/mol. The molecule has 0 aliphatic rings. The summed E-state index contributed by atoms with van der Waals surface area (Å²) in [6.45, 7) is 7.91. The van der Waals surface area contributed by atoms with Crippen LogP contribution in [0.25, 0.3) is 0 Å². The van der Waals surface area contributed by atoms with Crippen molar-refractivity contribution < 1.29 is 9.90 Å². The predicted octanol–water partition coefficient (Wildman–Crippen LogP) is 1.66. The zero-order chi connectivity index (χ0) is 12.8. The Morgan fingerprint density at radius 1 is 1.29 bits per heavy atom. The molecule has 1 rings (SSSR count). The van der Waals surface area contributed by atoms with E-state index in [0.717, 1.165) is 13.1 Å². The zero-order valence-electron chi connectivity index (χ0n) is 10.8. The topological polar surface area (TPSA) is 43.4 Å². The van der Waals surface area contributed by atoms with Gasteiger partial charge in [0.1, 0.15) is 0 Å². The number of hydrogen-bond donors (Lipinski definition) is 0. The molecule has 3 heteroatoms. The largest absolute Gasteiger partial charge is 0.550 e. The first-order chi connectivity index (χ1) is 8.06. The molecule has 0 atom stereocenters. The lowest BCUT2D eigenvalue weighted by atomic mass is 10.1. The van der Waals surface area contributed by atoms with Crippen LogP contribution in [0.3, 0.4) is 0 Å². The van der Waals surface area contributed by atoms with Crippen molar-refractivity contribution in [2.75, 3.05) is 18.0 Å².